The lowest BCUT2D eigenvalue weighted by molar-refractivity contribution is 0.0615. The Balaban J connectivity index is 2.01. The SMILES string of the molecule is NC[C@@H]1CO[C@H]2C1OC[C@H]2CN. The van der Waals surface area contributed by atoms with Crippen molar-refractivity contribution in [1.82, 2.24) is 0 Å². The Morgan fingerprint density at radius 1 is 0.917 bits per heavy atom. The Kier molecular flexibility index (Phi) is 2.32. The molecule has 0 aliphatic carbocycles. The molecule has 4 nitrogen and oxygen atoms in total. The van der Waals surface area contributed by atoms with Crippen LogP contribution in [0.15, 0.2) is 0 Å². The molecule has 0 spiro atoms. The standard InChI is InChI=1S/C8H16N2O2/c9-1-5-3-11-8-6(2-10)4-12-7(5)8/h5-8H,1-4,9-10H2/t5-,6-,7-,8?/m1/s1. The van der Waals surface area contributed by atoms with Crippen LogP contribution in [0, 0.1) is 11.8 Å². The van der Waals surface area contributed by atoms with E-state index in [0.29, 0.717) is 24.9 Å². The lowest BCUT2D eigenvalue weighted by Gasteiger charge is -2.14. The van der Waals surface area contributed by atoms with Crippen molar-refractivity contribution >= 4 is 0 Å². The summed E-state index contributed by atoms with van der Waals surface area (Å²) in [5, 5.41) is 0. The molecule has 0 aromatic heterocycles. The normalized spacial score (nSPS) is 46.5. The van der Waals surface area contributed by atoms with Gasteiger partial charge in [0.1, 0.15) is 0 Å². The van der Waals surface area contributed by atoms with Gasteiger partial charge in [-0.15, -0.1) is 0 Å². The quantitative estimate of drug-likeness (QED) is 0.556. The van der Waals surface area contributed by atoms with Crippen LogP contribution in [0.2, 0.25) is 0 Å². The molecule has 4 heteroatoms. The number of ether oxygens (including phenoxy) is 2. The fourth-order valence-corrected chi connectivity index (χ4v) is 2.06. The molecule has 2 saturated heterocycles. The van der Waals surface area contributed by atoms with E-state index in [4.69, 9.17) is 20.9 Å². The Bertz CT molecular complexity index is 147. The molecule has 2 rings (SSSR count). The van der Waals surface area contributed by atoms with Crippen LogP contribution < -0.4 is 11.5 Å². The summed E-state index contributed by atoms with van der Waals surface area (Å²) in [7, 11) is 0. The monoisotopic (exact) mass is 172 g/mol. The van der Waals surface area contributed by atoms with E-state index >= 15 is 0 Å². The molecule has 2 aliphatic rings. The van der Waals surface area contributed by atoms with Crippen molar-refractivity contribution in [3.05, 3.63) is 0 Å². The van der Waals surface area contributed by atoms with E-state index in [1.165, 1.54) is 0 Å². The van der Waals surface area contributed by atoms with Gasteiger partial charge in [0.2, 0.25) is 0 Å². The largest absolute Gasteiger partial charge is 0.375 e. The summed E-state index contributed by atoms with van der Waals surface area (Å²) in [5.74, 6) is 0.762. The average molecular weight is 172 g/mol. The summed E-state index contributed by atoms with van der Waals surface area (Å²) in [6.45, 7) is 2.78. The van der Waals surface area contributed by atoms with E-state index in [1.54, 1.807) is 0 Å². The van der Waals surface area contributed by atoms with Crippen molar-refractivity contribution < 1.29 is 9.47 Å². The van der Waals surface area contributed by atoms with Gasteiger partial charge in [-0.25, -0.2) is 0 Å². The number of hydrogen-bond donors (Lipinski definition) is 2. The van der Waals surface area contributed by atoms with Crippen LogP contribution in [-0.2, 0) is 9.47 Å². The lowest BCUT2D eigenvalue weighted by atomic mass is 9.97. The highest BCUT2D eigenvalue weighted by atomic mass is 16.6. The first kappa shape index (κ1) is 8.44. The molecule has 2 heterocycles. The van der Waals surface area contributed by atoms with Crippen molar-refractivity contribution in [3.63, 3.8) is 0 Å². The van der Waals surface area contributed by atoms with E-state index < -0.39 is 0 Å². The third kappa shape index (κ3) is 1.15. The summed E-state index contributed by atoms with van der Waals surface area (Å²) >= 11 is 0. The topological polar surface area (TPSA) is 70.5 Å². The number of rotatable bonds is 2. The fourth-order valence-electron chi connectivity index (χ4n) is 2.06. The molecule has 1 unspecified atom stereocenters. The molecule has 0 saturated carbocycles. The Morgan fingerprint density at radius 2 is 1.33 bits per heavy atom. The molecular formula is C8H16N2O2. The van der Waals surface area contributed by atoms with E-state index in [9.17, 15) is 0 Å². The minimum absolute atomic E-state index is 0.212. The minimum Gasteiger partial charge on any atom is -0.375 e. The fraction of sp³-hybridized carbons (Fsp3) is 1.00. The summed E-state index contributed by atoms with van der Waals surface area (Å²) in [6.07, 6.45) is 0.423. The van der Waals surface area contributed by atoms with E-state index in [0.717, 1.165) is 13.2 Å². The van der Waals surface area contributed by atoms with Crippen LogP contribution in [-0.4, -0.2) is 38.5 Å². The second-order valence-electron chi connectivity index (χ2n) is 3.59. The molecule has 0 aromatic carbocycles. The van der Waals surface area contributed by atoms with Gasteiger partial charge in [-0.1, -0.05) is 0 Å². The zero-order valence-corrected chi connectivity index (χ0v) is 7.11. The third-order valence-corrected chi connectivity index (χ3v) is 2.86. The maximum Gasteiger partial charge on any atom is 0.0903 e. The van der Waals surface area contributed by atoms with E-state index in [1.807, 2.05) is 0 Å². The van der Waals surface area contributed by atoms with Crippen molar-refractivity contribution in [3.8, 4) is 0 Å². The molecule has 0 aromatic rings. The van der Waals surface area contributed by atoms with Crippen LogP contribution >= 0.6 is 0 Å². The van der Waals surface area contributed by atoms with Gasteiger partial charge < -0.3 is 20.9 Å². The summed E-state index contributed by atoms with van der Waals surface area (Å²) in [6, 6.07) is 0. The first-order valence-corrected chi connectivity index (χ1v) is 4.50. The molecule has 0 bridgehead atoms. The molecule has 4 atom stereocenters. The molecule has 2 fully saturated rings. The van der Waals surface area contributed by atoms with Crippen molar-refractivity contribution in [1.29, 1.82) is 0 Å². The second-order valence-corrected chi connectivity index (χ2v) is 3.59. The zero-order valence-electron chi connectivity index (χ0n) is 7.11. The van der Waals surface area contributed by atoms with Gasteiger partial charge in [0.25, 0.3) is 0 Å². The lowest BCUT2D eigenvalue weighted by Crippen LogP contribution is -2.32. The number of hydrogen-bond acceptors (Lipinski definition) is 4. The molecule has 12 heavy (non-hydrogen) atoms. The molecule has 4 N–H and O–H groups in total. The third-order valence-electron chi connectivity index (χ3n) is 2.86. The maximum atomic E-state index is 5.60. The second kappa shape index (κ2) is 3.30. The molecular weight excluding hydrogens is 156 g/mol. The molecule has 2 aliphatic heterocycles. The number of fused-ring (bicyclic) bond motifs is 1. The highest BCUT2D eigenvalue weighted by molar-refractivity contribution is 4.94. The van der Waals surface area contributed by atoms with Gasteiger partial charge in [-0.05, 0) is 13.1 Å². The Labute approximate surface area is 72.2 Å². The van der Waals surface area contributed by atoms with E-state index in [2.05, 4.69) is 0 Å². The first-order valence-electron chi connectivity index (χ1n) is 4.50. The summed E-state index contributed by atoms with van der Waals surface area (Å²) in [4.78, 5) is 0. The highest BCUT2D eigenvalue weighted by Gasteiger charge is 2.46. The van der Waals surface area contributed by atoms with Crippen LogP contribution in [0.3, 0.4) is 0 Å². The Morgan fingerprint density at radius 3 is 1.67 bits per heavy atom. The first-order chi connectivity index (χ1) is 5.86. The minimum atomic E-state index is 0.212. The van der Waals surface area contributed by atoms with Gasteiger partial charge in [-0.2, -0.15) is 0 Å². The summed E-state index contributed by atoms with van der Waals surface area (Å²) in [5.41, 5.74) is 11.2. The van der Waals surface area contributed by atoms with Gasteiger partial charge >= 0.3 is 0 Å². The van der Waals surface area contributed by atoms with Gasteiger partial charge in [0.05, 0.1) is 25.4 Å². The van der Waals surface area contributed by atoms with Gasteiger partial charge in [0.15, 0.2) is 0 Å². The highest BCUT2D eigenvalue weighted by Crippen LogP contribution is 2.33. The Hall–Kier alpha value is -0.160. The average Bonchev–Trinajstić information content (AvgIpc) is 2.62. The molecule has 0 amide bonds. The zero-order chi connectivity index (χ0) is 8.55. The smallest absolute Gasteiger partial charge is 0.0903 e. The van der Waals surface area contributed by atoms with Crippen LogP contribution in [0.5, 0.6) is 0 Å². The predicted octanol–water partition coefficient (Wildman–Crippen LogP) is -1.07. The molecule has 70 valence electrons. The summed E-state index contributed by atoms with van der Waals surface area (Å²) < 4.78 is 11.2. The van der Waals surface area contributed by atoms with E-state index in [-0.39, 0.29) is 12.2 Å². The number of nitrogens with two attached hydrogens (primary N) is 2. The van der Waals surface area contributed by atoms with Gasteiger partial charge in [-0.3, -0.25) is 0 Å². The van der Waals surface area contributed by atoms with Crippen LogP contribution in [0.1, 0.15) is 0 Å². The molecule has 0 radical (unpaired) electrons. The maximum absolute atomic E-state index is 5.60. The van der Waals surface area contributed by atoms with Crippen LogP contribution in [0.25, 0.3) is 0 Å². The van der Waals surface area contributed by atoms with Crippen molar-refractivity contribution in [2.45, 2.75) is 12.2 Å². The predicted molar refractivity (Wildman–Crippen MR) is 44.6 cm³/mol. The van der Waals surface area contributed by atoms with Crippen molar-refractivity contribution in [2.24, 2.45) is 23.3 Å². The van der Waals surface area contributed by atoms with Gasteiger partial charge in [0, 0.05) is 11.8 Å². The van der Waals surface area contributed by atoms with Crippen LogP contribution in [0.4, 0.5) is 0 Å². The van der Waals surface area contributed by atoms with Crippen molar-refractivity contribution in [2.75, 3.05) is 26.3 Å².